The molecule has 0 aliphatic heterocycles. The van der Waals surface area contributed by atoms with Crippen molar-refractivity contribution in [1.82, 2.24) is 19.7 Å². The molecule has 3 heterocycles. The number of nitrogens with zero attached hydrogens (tertiary/aromatic N) is 2. The third-order valence-electron chi connectivity index (χ3n) is 4.00. The van der Waals surface area contributed by atoms with E-state index in [4.69, 9.17) is 0 Å². The highest BCUT2D eigenvalue weighted by Gasteiger charge is 2.27. The van der Waals surface area contributed by atoms with Crippen molar-refractivity contribution in [2.45, 2.75) is 33.2 Å². The number of aromatic amines is 1. The fourth-order valence-corrected chi connectivity index (χ4v) is 2.70. The van der Waals surface area contributed by atoms with Gasteiger partial charge in [-0.1, -0.05) is 6.07 Å². The van der Waals surface area contributed by atoms with E-state index in [0.29, 0.717) is 17.1 Å². The van der Waals surface area contributed by atoms with Gasteiger partial charge in [0.15, 0.2) is 0 Å². The highest BCUT2D eigenvalue weighted by molar-refractivity contribution is 5.96. The maximum absolute atomic E-state index is 12.6. The van der Waals surface area contributed by atoms with Gasteiger partial charge >= 0.3 is 0 Å². The predicted molar refractivity (Wildman–Crippen MR) is 92.2 cm³/mol. The Bertz CT molecular complexity index is 982. The number of hydrogen-bond donors (Lipinski definition) is 2. The van der Waals surface area contributed by atoms with Crippen LogP contribution in [0.1, 0.15) is 41.3 Å². The second-order valence-corrected chi connectivity index (χ2v) is 6.53. The van der Waals surface area contributed by atoms with Gasteiger partial charge < -0.3 is 14.7 Å². The van der Waals surface area contributed by atoms with E-state index in [-0.39, 0.29) is 11.5 Å². The minimum atomic E-state index is -0.800. The molecule has 0 atom stereocenters. The molecule has 3 rings (SSSR count). The topological polar surface area (TPSA) is 79.3 Å². The first-order chi connectivity index (χ1) is 11.3. The Morgan fingerprint density at radius 2 is 2.04 bits per heavy atom. The summed E-state index contributed by atoms with van der Waals surface area (Å²) in [5, 5.41) is 2.94. The second-order valence-electron chi connectivity index (χ2n) is 6.53. The van der Waals surface area contributed by atoms with E-state index in [9.17, 15) is 9.59 Å². The minimum absolute atomic E-state index is 0.216. The zero-order chi connectivity index (χ0) is 17.5. The van der Waals surface area contributed by atoms with Crippen molar-refractivity contribution in [3.05, 3.63) is 69.7 Å². The number of amides is 1. The number of rotatable bonds is 3. The minimum Gasteiger partial charge on any atom is -0.340 e. The third-order valence-corrected chi connectivity index (χ3v) is 4.00. The zero-order valence-electron chi connectivity index (χ0n) is 14.2. The number of aryl methyl sites for hydroxylation is 2. The van der Waals surface area contributed by atoms with Crippen molar-refractivity contribution in [2.75, 3.05) is 0 Å². The van der Waals surface area contributed by atoms with Crippen molar-refractivity contribution < 1.29 is 4.79 Å². The molecule has 3 aromatic heterocycles. The van der Waals surface area contributed by atoms with Crippen LogP contribution in [0.2, 0.25) is 0 Å². The standard InChI is InChI=1S/C18H20N4O2/c1-11-6-5-7-22-10-13(9-14(11)22)16(24)21-18(3,4)17-19-12(2)8-15(23)20-17/h5-10H,1-4H3,(H,21,24)(H,19,20,23). The largest absolute Gasteiger partial charge is 0.340 e. The summed E-state index contributed by atoms with van der Waals surface area (Å²) in [7, 11) is 0. The van der Waals surface area contributed by atoms with Gasteiger partial charge in [-0.15, -0.1) is 0 Å². The van der Waals surface area contributed by atoms with Crippen molar-refractivity contribution in [3.8, 4) is 0 Å². The van der Waals surface area contributed by atoms with Gasteiger partial charge in [0.05, 0.1) is 11.1 Å². The summed E-state index contributed by atoms with van der Waals surface area (Å²) in [5.41, 5.74) is 2.23. The van der Waals surface area contributed by atoms with Crippen molar-refractivity contribution >= 4 is 11.4 Å². The summed E-state index contributed by atoms with van der Waals surface area (Å²) in [5.74, 6) is 0.216. The molecule has 0 aliphatic rings. The lowest BCUT2D eigenvalue weighted by Gasteiger charge is -2.25. The van der Waals surface area contributed by atoms with Gasteiger partial charge in [0, 0.05) is 29.7 Å². The normalized spacial score (nSPS) is 11.7. The van der Waals surface area contributed by atoms with Crippen LogP contribution in [0.5, 0.6) is 0 Å². The van der Waals surface area contributed by atoms with Crippen LogP contribution in [0, 0.1) is 13.8 Å². The Hall–Kier alpha value is -2.89. The van der Waals surface area contributed by atoms with Gasteiger partial charge in [0.25, 0.3) is 11.5 Å². The number of fused-ring (bicyclic) bond motifs is 1. The Balaban J connectivity index is 1.92. The van der Waals surface area contributed by atoms with Gasteiger partial charge in [-0.2, -0.15) is 0 Å². The highest BCUT2D eigenvalue weighted by atomic mass is 16.2. The highest BCUT2D eigenvalue weighted by Crippen LogP contribution is 2.18. The Morgan fingerprint density at radius 3 is 2.71 bits per heavy atom. The molecule has 6 heteroatoms. The molecule has 124 valence electrons. The number of nitrogens with one attached hydrogen (secondary N) is 2. The molecule has 0 saturated heterocycles. The number of hydrogen-bond acceptors (Lipinski definition) is 3. The van der Waals surface area contributed by atoms with Crippen molar-refractivity contribution in [2.24, 2.45) is 0 Å². The van der Waals surface area contributed by atoms with E-state index in [2.05, 4.69) is 15.3 Å². The quantitative estimate of drug-likeness (QED) is 0.776. The number of carbonyl (C=O) groups is 1. The molecule has 1 amide bonds. The van der Waals surface area contributed by atoms with Gasteiger partial charge in [0.2, 0.25) is 0 Å². The van der Waals surface area contributed by atoms with Gasteiger partial charge in [-0.3, -0.25) is 9.59 Å². The maximum atomic E-state index is 12.6. The molecule has 0 radical (unpaired) electrons. The van der Waals surface area contributed by atoms with Crippen LogP contribution in [0.15, 0.2) is 41.5 Å². The monoisotopic (exact) mass is 324 g/mol. The maximum Gasteiger partial charge on any atom is 0.253 e. The first-order valence-corrected chi connectivity index (χ1v) is 7.74. The summed E-state index contributed by atoms with van der Waals surface area (Å²) in [6, 6.07) is 7.22. The molecular formula is C18H20N4O2. The average Bonchev–Trinajstić information content (AvgIpc) is 2.91. The smallest absolute Gasteiger partial charge is 0.253 e. The zero-order valence-corrected chi connectivity index (χ0v) is 14.2. The number of aromatic nitrogens is 3. The SMILES string of the molecule is Cc1cc(=O)[nH]c(C(C)(C)NC(=O)c2cc3c(C)cccn3c2)n1. The van der Waals surface area contributed by atoms with Crippen LogP contribution < -0.4 is 10.9 Å². The van der Waals surface area contributed by atoms with Gasteiger partial charge in [0.1, 0.15) is 5.82 Å². The summed E-state index contributed by atoms with van der Waals surface area (Å²) in [6.07, 6.45) is 3.70. The first-order valence-electron chi connectivity index (χ1n) is 7.74. The van der Waals surface area contributed by atoms with E-state index in [0.717, 1.165) is 11.1 Å². The van der Waals surface area contributed by atoms with E-state index in [1.165, 1.54) is 6.07 Å². The van der Waals surface area contributed by atoms with E-state index < -0.39 is 5.54 Å². The first kappa shape index (κ1) is 16.0. The summed E-state index contributed by atoms with van der Waals surface area (Å²) in [6.45, 7) is 7.37. The third kappa shape index (κ3) is 2.95. The molecule has 0 saturated carbocycles. The molecule has 0 unspecified atom stereocenters. The summed E-state index contributed by atoms with van der Waals surface area (Å²) in [4.78, 5) is 31.3. The van der Waals surface area contributed by atoms with Crippen LogP contribution in [0.4, 0.5) is 0 Å². The van der Waals surface area contributed by atoms with E-state index in [1.54, 1.807) is 13.1 Å². The van der Waals surface area contributed by atoms with Crippen LogP contribution in [0.3, 0.4) is 0 Å². The summed E-state index contributed by atoms with van der Waals surface area (Å²) < 4.78 is 1.92. The lowest BCUT2D eigenvalue weighted by Crippen LogP contribution is -2.43. The van der Waals surface area contributed by atoms with Crippen LogP contribution in [-0.4, -0.2) is 20.3 Å². The lowest BCUT2D eigenvalue weighted by atomic mass is 10.0. The van der Waals surface area contributed by atoms with Crippen molar-refractivity contribution in [3.63, 3.8) is 0 Å². The molecule has 6 nitrogen and oxygen atoms in total. The average molecular weight is 324 g/mol. The Kier molecular flexibility index (Phi) is 3.75. The number of carbonyl (C=O) groups excluding carboxylic acids is 1. The number of pyridine rings is 1. The number of H-pyrrole nitrogens is 1. The van der Waals surface area contributed by atoms with E-state index >= 15 is 0 Å². The van der Waals surface area contributed by atoms with Gasteiger partial charge in [-0.25, -0.2) is 4.98 Å². The molecule has 0 fully saturated rings. The molecule has 0 bridgehead atoms. The fraction of sp³-hybridized carbons (Fsp3) is 0.278. The predicted octanol–water partition coefficient (Wildman–Crippen LogP) is 2.30. The van der Waals surface area contributed by atoms with Crippen LogP contribution in [0.25, 0.3) is 5.52 Å². The van der Waals surface area contributed by atoms with Gasteiger partial charge in [-0.05, 0) is 45.4 Å². The molecule has 2 N–H and O–H groups in total. The molecule has 0 aliphatic carbocycles. The molecule has 0 spiro atoms. The lowest BCUT2D eigenvalue weighted by molar-refractivity contribution is 0.0908. The summed E-state index contributed by atoms with van der Waals surface area (Å²) >= 11 is 0. The molecule has 3 aromatic rings. The Labute approximate surface area is 139 Å². The van der Waals surface area contributed by atoms with Crippen molar-refractivity contribution in [1.29, 1.82) is 0 Å². The van der Waals surface area contributed by atoms with Crippen LogP contribution >= 0.6 is 0 Å². The molecular weight excluding hydrogens is 304 g/mol. The second kappa shape index (κ2) is 5.63. The molecule has 0 aromatic carbocycles. The molecule has 24 heavy (non-hydrogen) atoms. The fourth-order valence-electron chi connectivity index (χ4n) is 2.70. The van der Waals surface area contributed by atoms with E-state index in [1.807, 2.05) is 49.6 Å². The van der Waals surface area contributed by atoms with Crippen LogP contribution in [-0.2, 0) is 5.54 Å². The Morgan fingerprint density at radius 1 is 1.29 bits per heavy atom.